The summed E-state index contributed by atoms with van der Waals surface area (Å²) in [6.45, 7) is 3.92. The third kappa shape index (κ3) is 8.22. The molecule has 8 heteroatoms. The van der Waals surface area contributed by atoms with E-state index >= 15 is 0 Å². The summed E-state index contributed by atoms with van der Waals surface area (Å²) < 4.78 is 4.77. The minimum Gasteiger partial charge on any atom is -0.467 e. The molecule has 0 unspecified atom stereocenters. The molecule has 0 saturated carbocycles. The summed E-state index contributed by atoms with van der Waals surface area (Å²) in [7, 11) is 1.29. The minimum atomic E-state index is -0.755. The zero-order valence-electron chi connectivity index (χ0n) is 16.1. The quantitative estimate of drug-likeness (QED) is 0.575. The fourth-order valence-corrected chi connectivity index (χ4v) is 3.04. The number of hydrogen-bond donors (Lipinski definition) is 2. The molecule has 0 fully saturated rings. The highest BCUT2D eigenvalue weighted by Gasteiger charge is 2.27. The average molecular weight is 415 g/mol. The monoisotopic (exact) mass is 414 g/mol. The summed E-state index contributed by atoms with van der Waals surface area (Å²) in [4.78, 5) is 37.1. The van der Waals surface area contributed by atoms with E-state index in [0.717, 1.165) is 0 Å². The van der Waals surface area contributed by atoms with Crippen molar-refractivity contribution in [3.8, 4) is 0 Å². The van der Waals surface area contributed by atoms with Gasteiger partial charge in [-0.05, 0) is 55.0 Å². The van der Waals surface area contributed by atoms with Crippen LogP contribution in [0.5, 0.6) is 0 Å². The van der Waals surface area contributed by atoms with Crippen molar-refractivity contribution in [3.05, 3.63) is 34.9 Å². The molecule has 2 N–H and O–H groups in total. The summed E-state index contributed by atoms with van der Waals surface area (Å²) in [6, 6.07) is 4.93. The zero-order valence-corrected chi connectivity index (χ0v) is 17.7. The number of nitrogens with one attached hydrogen (secondary N) is 2. The van der Waals surface area contributed by atoms with Crippen LogP contribution in [-0.4, -0.2) is 49.0 Å². The first-order valence-corrected chi connectivity index (χ1v) is 10.5. The van der Waals surface area contributed by atoms with Crippen LogP contribution in [0, 0.1) is 5.92 Å². The summed E-state index contributed by atoms with van der Waals surface area (Å²) in [5.74, 6) is -0.390. The highest BCUT2D eigenvalue weighted by molar-refractivity contribution is 7.98. The number of ether oxygens (including phenoxy) is 1. The van der Waals surface area contributed by atoms with Crippen molar-refractivity contribution in [1.82, 2.24) is 10.6 Å². The van der Waals surface area contributed by atoms with Crippen LogP contribution < -0.4 is 10.6 Å². The van der Waals surface area contributed by atoms with Crippen LogP contribution in [0.25, 0.3) is 0 Å². The number of methoxy groups -OCH3 is 1. The number of amides is 2. The molecule has 150 valence electrons. The maximum atomic E-state index is 12.7. The van der Waals surface area contributed by atoms with Crippen molar-refractivity contribution in [2.24, 2.45) is 5.92 Å². The van der Waals surface area contributed by atoms with E-state index in [9.17, 15) is 14.4 Å². The lowest BCUT2D eigenvalue weighted by molar-refractivity contribution is -0.145. The number of thioether (sulfide) groups is 1. The zero-order chi connectivity index (χ0) is 20.4. The van der Waals surface area contributed by atoms with E-state index in [1.54, 1.807) is 36.0 Å². The van der Waals surface area contributed by atoms with Gasteiger partial charge in [-0.1, -0.05) is 25.4 Å². The number of rotatable bonds is 10. The topological polar surface area (TPSA) is 84.5 Å². The molecule has 0 aliphatic carbocycles. The molecule has 2 atom stereocenters. The second-order valence-corrected chi connectivity index (χ2v) is 7.95. The molecule has 6 nitrogen and oxygen atoms in total. The van der Waals surface area contributed by atoms with Gasteiger partial charge < -0.3 is 15.4 Å². The maximum absolute atomic E-state index is 12.7. The van der Waals surface area contributed by atoms with Crippen LogP contribution in [0.3, 0.4) is 0 Å². The summed E-state index contributed by atoms with van der Waals surface area (Å²) in [6.07, 6.45) is 2.82. The Hall–Kier alpha value is -1.73. The van der Waals surface area contributed by atoms with Gasteiger partial charge in [0.1, 0.15) is 12.1 Å². The normalized spacial score (nSPS) is 13.0. The van der Waals surface area contributed by atoms with E-state index in [-0.39, 0.29) is 11.8 Å². The average Bonchev–Trinajstić information content (AvgIpc) is 2.63. The third-order valence-corrected chi connectivity index (χ3v) is 4.74. The summed E-state index contributed by atoms with van der Waals surface area (Å²) >= 11 is 7.42. The molecule has 0 aliphatic heterocycles. The van der Waals surface area contributed by atoms with Gasteiger partial charge in [-0.25, -0.2) is 4.79 Å². The lowest BCUT2D eigenvalue weighted by atomic mass is 10.0. The number of hydrogen-bond acceptors (Lipinski definition) is 5. The van der Waals surface area contributed by atoms with Gasteiger partial charge in [-0.2, -0.15) is 11.8 Å². The van der Waals surface area contributed by atoms with Crippen LogP contribution >= 0.6 is 23.4 Å². The third-order valence-electron chi connectivity index (χ3n) is 3.85. The standard InChI is InChI=1S/C19H27ClN2O4S/c1-12(2)11-16(22-17(23)13-5-7-14(20)8-6-13)18(24)21-15(9-10-27-4)19(25)26-3/h5-8,12,15-16H,9-11H2,1-4H3,(H,21,24)(H,22,23)/t15-,16-/m1/s1. The van der Waals surface area contributed by atoms with Crippen LogP contribution in [0.4, 0.5) is 0 Å². The molecular weight excluding hydrogens is 388 g/mol. The molecule has 0 aromatic heterocycles. The molecule has 27 heavy (non-hydrogen) atoms. The molecule has 0 bridgehead atoms. The molecule has 1 aromatic rings. The predicted octanol–water partition coefficient (Wildman–Crippen LogP) is 2.90. The van der Waals surface area contributed by atoms with Crippen molar-refractivity contribution >= 4 is 41.1 Å². The minimum absolute atomic E-state index is 0.175. The number of esters is 1. The van der Waals surface area contributed by atoms with Crippen LogP contribution in [0.2, 0.25) is 5.02 Å². The molecule has 2 amide bonds. The van der Waals surface area contributed by atoms with E-state index in [1.165, 1.54) is 7.11 Å². The van der Waals surface area contributed by atoms with Gasteiger partial charge in [0, 0.05) is 10.6 Å². The summed E-state index contributed by atoms with van der Waals surface area (Å²) in [5.41, 5.74) is 0.410. The Labute approximate surface area is 169 Å². The molecule has 0 radical (unpaired) electrons. The van der Waals surface area contributed by atoms with Crippen molar-refractivity contribution in [3.63, 3.8) is 0 Å². The second-order valence-electron chi connectivity index (χ2n) is 6.53. The van der Waals surface area contributed by atoms with Gasteiger partial charge in [-0.3, -0.25) is 9.59 Å². The van der Waals surface area contributed by atoms with Gasteiger partial charge >= 0.3 is 5.97 Å². The summed E-state index contributed by atoms with van der Waals surface area (Å²) in [5, 5.41) is 5.99. The van der Waals surface area contributed by atoms with Gasteiger partial charge in [0.15, 0.2) is 0 Å². The van der Waals surface area contributed by atoms with Gasteiger partial charge in [0.2, 0.25) is 5.91 Å². The Balaban J connectivity index is 2.86. The van der Waals surface area contributed by atoms with Gasteiger partial charge in [0.25, 0.3) is 5.91 Å². The molecular formula is C19H27ClN2O4S. The van der Waals surface area contributed by atoms with E-state index in [4.69, 9.17) is 16.3 Å². The highest BCUT2D eigenvalue weighted by atomic mass is 35.5. The van der Waals surface area contributed by atoms with Gasteiger partial charge in [0.05, 0.1) is 7.11 Å². The smallest absolute Gasteiger partial charge is 0.328 e. The number of carbonyl (C=O) groups is 3. The van der Waals surface area contributed by atoms with Gasteiger partial charge in [-0.15, -0.1) is 0 Å². The van der Waals surface area contributed by atoms with Crippen LogP contribution in [0.1, 0.15) is 37.0 Å². The SMILES string of the molecule is COC(=O)[C@@H](CCSC)NC(=O)[C@@H](CC(C)C)NC(=O)c1ccc(Cl)cc1. The Kier molecular flexibility index (Phi) is 10.3. The van der Waals surface area contributed by atoms with Crippen LogP contribution in [0.15, 0.2) is 24.3 Å². The fourth-order valence-electron chi connectivity index (χ4n) is 2.44. The Bertz CT molecular complexity index is 637. The maximum Gasteiger partial charge on any atom is 0.328 e. The van der Waals surface area contributed by atoms with E-state index in [2.05, 4.69) is 10.6 Å². The van der Waals surface area contributed by atoms with E-state index < -0.39 is 24.0 Å². The Morgan fingerprint density at radius 1 is 1.11 bits per heavy atom. The van der Waals surface area contributed by atoms with Crippen molar-refractivity contribution in [2.45, 2.75) is 38.8 Å². The number of halogens is 1. The molecule has 1 aromatic carbocycles. The lowest BCUT2D eigenvalue weighted by Crippen LogP contribution is -2.52. The second kappa shape index (κ2) is 11.9. The van der Waals surface area contributed by atoms with Crippen molar-refractivity contribution in [2.75, 3.05) is 19.1 Å². The van der Waals surface area contributed by atoms with Crippen molar-refractivity contribution in [1.29, 1.82) is 0 Å². The molecule has 0 saturated heterocycles. The molecule has 0 aliphatic rings. The molecule has 0 spiro atoms. The first-order chi connectivity index (χ1) is 12.8. The molecule has 1 rings (SSSR count). The number of carbonyl (C=O) groups excluding carboxylic acids is 3. The highest BCUT2D eigenvalue weighted by Crippen LogP contribution is 2.12. The largest absolute Gasteiger partial charge is 0.467 e. The number of benzene rings is 1. The molecule has 0 heterocycles. The van der Waals surface area contributed by atoms with Crippen LogP contribution in [-0.2, 0) is 14.3 Å². The first-order valence-electron chi connectivity index (χ1n) is 8.72. The first kappa shape index (κ1) is 23.3. The van der Waals surface area contributed by atoms with Crippen molar-refractivity contribution < 1.29 is 19.1 Å². The van der Waals surface area contributed by atoms with E-state index in [1.807, 2.05) is 20.1 Å². The lowest BCUT2D eigenvalue weighted by Gasteiger charge is -2.23. The predicted molar refractivity (Wildman–Crippen MR) is 109 cm³/mol. The Morgan fingerprint density at radius 3 is 2.26 bits per heavy atom. The fraction of sp³-hybridized carbons (Fsp3) is 0.526. The Morgan fingerprint density at radius 2 is 1.74 bits per heavy atom. The van der Waals surface area contributed by atoms with E-state index in [0.29, 0.717) is 29.2 Å².